The zero-order valence-corrected chi connectivity index (χ0v) is 18.8. The highest BCUT2D eigenvalue weighted by Crippen LogP contribution is 2.45. The Balaban J connectivity index is 1.27. The molecule has 0 unspecified atom stereocenters. The Hall–Kier alpha value is -3.15. The number of hydrogen-bond donors (Lipinski definition) is 2. The van der Waals surface area contributed by atoms with Crippen LogP contribution in [0, 0.1) is 5.41 Å². The van der Waals surface area contributed by atoms with Gasteiger partial charge in [0, 0.05) is 37.0 Å². The highest BCUT2D eigenvalue weighted by atomic mass is 16.2. The van der Waals surface area contributed by atoms with Gasteiger partial charge >= 0.3 is 0 Å². The van der Waals surface area contributed by atoms with E-state index in [1.807, 2.05) is 12.1 Å². The summed E-state index contributed by atoms with van der Waals surface area (Å²) < 4.78 is 0. The molecule has 4 rings (SSSR count). The van der Waals surface area contributed by atoms with Crippen molar-refractivity contribution in [2.24, 2.45) is 10.5 Å². The first-order chi connectivity index (χ1) is 15.5. The maximum Gasteiger partial charge on any atom is 0.271 e. The molecule has 168 valence electrons. The number of benzene rings is 2. The van der Waals surface area contributed by atoms with Crippen molar-refractivity contribution in [2.45, 2.75) is 51.9 Å². The van der Waals surface area contributed by atoms with Crippen molar-refractivity contribution in [3.63, 3.8) is 0 Å². The van der Waals surface area contributed by atoms with Gasteiger partial charge < -0.3 is 10.2 Å². The van der Waals surface area contributed by atoms with E-state index in [4.69, 9.17) is 0 Å². The Labute approximate surface area is 190 Å². The van der Waals surface area contributed by atoms with Crippen molar-refractivity contribution >= 4 is 29.4 Å². The van der Waals surface area contributed by atoms with Crippen LogP contribution < -0.4 is 15.6 Å². The molecule has 32 heavy (non-hydrogen) atoms. The first-order valence-electron chi connectivity index (χ1n) is 11.6. The predicted molar refractivity (Wildman–Crippen MR) is 129 cm³/mol. The first-order valence-corrected chi connectivity index (χ1v) is 11.6. The molecular weight excluding hydrogens is 400 g/mol. The van der Waals surface area contributed by atoms with Gasteiger partial charge in [0.2, 0.25) is 5.91 Å². The number of rotatable bonds is 5. The Morgan fingerprint density at radius 3 is 2.19 bits per heavy atom. The Morgan fingerprint density at radius 2 is 1.56 bits per heavy atom. The summed E-state index contributed by atoms with van der Waals surface area (Å²) in [6, 6.07) is 15.1. The maximum absolute atomic E-state index is 12.2. The van der Waals surface area contributed by atoms with Crippen LogP contribution in [0.2, 0.25) is 0 Å². The average molecular weight is 433 g/mol. The molecule has 1 saturated carbocycles. The number of hydrazone groups is 1. The predicted octanol–water partition coefficient (Wildman–Crippen LogP) is 4.96. The van der Waals surface area contributed by atoms with Crippen molar-refractivity contribution in [1.29, 1.82) is 0 Å². The second kappa shape index (κ2) is 9.98. The standard InChI is InChI=1S/C26H32N4O2/c1-20(31)28-23-9-7-22(8-10-23)25(32)29-27-19-21-5-11-24(12-6-21)30-17-15-26(16-18-30)13-3-2-4-14-26/h5-12,19H,2-4,13-18H2,1H3,(H,28,31)(H,29,32)/b27-19+. The van der Waals surface area contributed by atoms with E-state index in [1.54, 1.807) is 30.5 Å². The molecule has 0 aromatic heterocycles. The lowest BCUT2D eigenvalue weighted by molar-refractivity contribution is -0.114. The summed E-state index contributed by atoms with van der Waals surface area (Å²) in [7, 11) is 0. The van der Waals surface area contributed by atoms with Crippen molar-refractivity contribution in [3.8, 4) is 0 Å². The third-order valence-corrected chi connectivity index (χ3v) is 6.84. The molecule has 2 aromatic rings. The zero-order valence-electron chi connectivity index (χ0n) is 18.8. The molecule has 1 heterocycles. The van der Waals surface area contributed by atoms with Crippen LogP contribution in [0.4, 0.5) is 11.4 Å². The second-order valence-corrected chi connectivity index (χ2v) is 9.10. The molecule has 1 aliphatic heterocycles. The van der Waals surface area contributed by atoms with Crippen LogP contribution >= 0.6 is 0 Å². The molecule has 2 aliphatic rings. The van der Waals surface area contributed by atoms with Crippen LogP contribution in [-0.4, -0.2) is 31.1 Å². The zero-order chi connectivity index (χ0) is 22.4. The minimum absolute atomic E-state index is 0.147. The van der Waals surface area contributed by atoms with Crippen molar-refractivity contribution in [3.05, 3.63) is 59.7 Å². The van der Waals surface area contributed by atoms with Gasteiger partial charge in [-0.05, 0) is 73.1 Å². The summed E-state index contributed by atoms with van der Waals surface area (Å²) in [4.78, 5) is 25.8. The number of carbonyl (C=O) groups is 2. The number of nitrogens with zero attached hydrogens (tertiary/aromatic N) is 2. The summed E-state index contributed by atoms with van der Waals surface area (Å²) in [5.41, 5.74) is 6.50. The van der Waals surface area contributed by atoms with Crippen molar-refractivity contribution in [2.75, 3.05) is 23.3 Å². The number of piperidine rings is 1. The van der Waals surface area contributed by atoms with Gasteiger partial charge in [0.1, 0.15) is 0 Å². The highest BCUT2D eigenvalue weighted by molar-refractivity contribution is 5.96. The molecule has 2 aromatic carbocycles. The first kappa shape index (κ1) is 22.1. The van der Waals surface area contributed by atoms with Gasteiger partial charge in [0.25, 0.3) is 5.91 Å². The van der Waals surface area contributed by atoms with Gasteiger partial charge in [-0.15, -0.1) is 0 Å². The van der Waals surface area contributed by atoms with Gasteiger partial charge in [-0.25, -0.2) is 5.43 Å². The molecule has 6 heteroatoms. The van der Waals surface area contributed by atoms with E-state index < -0.39 is 0 Å². The van der Waals surface area contributed by atoms with Crippen LogP contribution in [0.3, 0.4) is 0 Å². The number of amides is 2. The van der Waals surface area contributed by atoms with Crippen LogP contribution in [0.25, 0.3) is 0 Å². The second-order valence-electron chi connectivity index (χ2n) is 9.10. The lowest BCUT2D eigenvalue weighted by atomic mass is 9.68. The summed E-state index contributed by atoms with van der Waals surface area (Å²) in [5.74, 6) is -0.441. The normalized spacial score (nSPS) is 18.0. The molecule has 6 nitrogen and oxygen atoms in total. The minimum Gasteiger partial charge on any atom is -0.371 e. The summed E-state index contributed by atoms with van der Waals surface area (Å²) >= 11 is 0. The minimum atomic E-state index is -0.294. The fourth-order valence-corrected chi connectivity index (χ4v) is 4.95. The Morgan fingerprint density at radius 1 is 0.906 bits per heavy atom. The lowest BCUT2D eigenvalue weighted by Crippen LogP contribution is -2.41. The number of hydrogen-bond acceptors (Lipinski definition) is 4. The molecule has 1 aliphatic carbocycles. The molecule has 1 spiro atoms. The van der Waals surface area contributed by atoms with Gasteiger partial charge in [-0.3, -0.25) is 9.59 Å². The van der Waals surface area contributed by atoms with Crippen LogP contribution in [-0.2, 0) is 4.79 Å². The molecular formula is C26H32N4O2. The van der Waals surface area contributed by atoms with Crippen molar-refractivity contribution < 1.29 is 9.59 Å². The van der Waals surface area contributed by atoms with Crippen LogP contribution in [0.1, 0.15) is 67.8 Å². The lowest BCUT2D eigenvalue weighted by Gasteiger charge is -2.45. The van der Waals surface area contributed by atoms with E-state index in [9.17, 15) is 9.59 Å². The Bertz CT molecular complexity index is 950. The molecule has 0 atom stereocenters. The molecule has 0 radical (unpaired) electrons. The highest BCUT2D eigenvalue weighted by Gasteiger charge is 2.35. The molecule has 2 amide bonds. The third kappa shape index (κ3) is 5.55. The van der Waals surface area contributed by atoms with Crippen LogP contribution in [0.15, 0.2) is 53.6 Å². The SMILES string of the molecule is CC(=O)Nc1ccc(C(=O)N/N=C/c2ccc(N3CCC4(CCCCC4)CC3)cc2)cc1. The maximum atomic E-state index is 12.2. The topological polar surface area (TPSA) is 73.8 Å². The summed E-state index contributed by atoms with van der Waals surface area (Å²) in [5, 5.41) is 6.76. The summed E-state index contributed by atoms with van der Waals surface area (Å²) in [6.07, 6.45) is 11.4. The van der Waals surface area contributed by atoms with E-state index >= 15 is 0 Å². The quantitative estimate of drug-likeness (QED) is 0.518. The van der Waals surface area contributed by atoms with Gasteiger partial charge in [0.05, 0.1) is 6.21 Å². The molecule has 2 fully saturated rings. The van der Waals surface area contributed by atoms with Crippen LogP contribution in [0.5, 0.6) is 0 Å². The molecule has 1 saturated heterocycles. The fourth-order valence-electron chi connectivity index (χ4n) is 4.95. The van der Waals surface area contributed by atoms with Crippen molar-refractivity contribution in [1.82, 2.24) is 5.43 Å². The average Bonchev–Trinajstić information content (AvgIpc) is 2.81. The molecule has 2 N–H and O–H groups in total. The Kier molecular flexibility index (Phi) is 6.88. The largest absolute Gasteiger partial charge is 0.371 e. The van der Waals surface area contributed by atoms with E-state index in [0.717, 1.165) is 18.7 Å². The third-order valence-electron chi connectivity index (χ3n) is 6.84. The fraction of sp³-hybridized carbons (Fsp3) is 0.423. The molecule has 0 bridgehead atoms. The van der Waals surface area contributed by atoms with E-state index in [1.165, 1.54) is 57.6 Å². The number of carbonyl (C=O) groups excluding carboxylic acids is 2. The van der Waals surface area contributed by atoms with Gasteiger partial charge in [-0.2, -0.15) is 5.10 Å². The number of anilines is 2. The van der Waals surface area contributed by atoms with Gasteiger partial charge in [0.15, 0.2) is 0 Å². The van der Waals surface area contributed by atoms with Gasteiger partial charge in [-0.1, -0.05) is 31.4 Å². The van der Waals surface area contributed by atoms with E-state index in [0.29, 0.717) is 16.7 Å². The smallest absolute Gasteiger partial charge is 0.271 e. The summed E-state index contributed by atoms with van der Waals surface area (Å²) in [6.45, 7) is 3.73. The monoisotopic (exact) mass is 432 g/mol. The van der Waals surface area contributed by atoms with E-state index in [2.05, 4.69) is 32.9 Å². The number of nitrogens with one attached hydrogen (secondary N) is 2. The van der Waals surface area contributed by atoms with E-state index in [-0.39, 0.29) is 11.8 Å².